The van der Waals surface area contributed by atoms with Crippen molar-refractivity contribution >= 4 is 5.78 Å². The van der Waals surface area contributed by atoms with Crippen LogP contribution in [0.25, 0.3) is 0 Å². The average molecular weight is 260 g/mol. The zero-order valence-corrected chi connectivity index (χ0v) is 11.2. The number of carbonyl (C=O) groups is 1. The number of aromatic nitrogens is 2. The number of aryl methyl sites for hydroxylation is 1. The van der Waals surface area contributed by atoms with E-state index in [0.29, 0.717) is 29.4 Å². The summed E-state index contributed by atoms with van der Waals surface area (Å²) in [5.74, 6) is 1.80. The molecule has 1 heterocycles. The lowest BCUT2D eigenvalue weighted by Crippen LogP contribution is -2.04. The highest BCUT2D eigenvalue weighted by molar-refractivity contribution is 5.95. The van der Waals surface area contributed by atoms with Gasteiger partial charge in [0.25, 0.3) is 5.89 Å². The van der Waals surface area contributed by atoms with Gasteiger partial charge in [0, 0.05) is 12.0 Å². The molecule has 2 rings (SSSR count). The molecule has 0 fully saturated rings. The Hall–Kier alpha value is -2.17. The molecule has 0 spiro atoms. The van der Waals surface area contributed by atoms with Crippen molar-refractivity contribution in [3.8, 4) is 5.75 Å². The van der Waals surface area contributed by atoms with Crippen molar-refractivity contribution in [1.29, 1.82) is 0 Å². The van der Waals surface area contributed by atoms with E-state index in [-0.39, 0.29) is 11.9 Å². The van der Waals surface area contributed by atoms with Crippen LogP contribution >= 0.6 is 0 Å². The van der Waals surface area contributed by atoms with Crippen molar-refractivity contribution in [3.63, 3.8) is 0 Å². The van der Waals surface area contributed by atoms with E-state index in [9.17, 15) is 4.79 Å². The van der Waals surface area contributed by atoms with Crippen LogP contribution < -0.4 is 4.74 Å². The molecule has 0 aliphatic rings. The molecule has 1 aromatic heterocycles. The van der Waals surface area contributed by atoms with Crippen molar-refractivity contribution in [2.45, 2.75) is 33.3 Å². The SMILES string of the molecule is CCC(=O)c1ccc(O[C@H](C)c2nc(C)no2)cc1. The summed E-state index contributed by atoms with van der Waals surface area (Å²) >= 11 is 0. The lowest BCUT2D eigenvalue weighted by Gasteiger charge is -2.10. The summed E-state index contributed by atoms with van der Waals surface area (Å²) in [6.07, 6.45) is 0.173. The third-order valence-corrected chi connectivity index (χ3v) is 2.70. The summed E-state index contributed by atoms with van der Waals surface area (Å²) in [5, 5.41) is 3.72. The quantitative estimate of drug-likeness (QED) is 0.773. The van der Waals surface area contributed by atoms with E-state index in [1.165, 1.54) is 0 Å². The fourth-order valence-corrected chi connectivity index (χ4v) is 1.66. The monoisotopic (exact) mass is 260 g/mol. The van der Waals surface area contributed by atoms with Gasteiger partial charge in [0.05, 0.1) is 0 Å². The first kappa shape index (κ1) is 13.3. The molecule has 2 aromatic rings. The Morgan fingerprint density at radius 2 is 2.05 bits per heavy atom. The Labute approximate surface area is 111 Å². The van der Waals surface area contributed by atoms with E-state index in [1.807, 2.05) is 13.8 Å². The first-order chi connectivity index (χ1) is 9.10. The number of ether oxygens (including phenoxy) is 1. The highest BCUT2D eigenvalue weighted by atomic mass is 16.5. The summed E-state index contributed by atoms with van der Waals surface area (Å²) in [6.45, 7) is 5.43. The molecule has 0 unspecified atom stereocenters. The molecule has 5 nitrogen and oxygen atoms in total. The van der Waals surface area contributed by atoms with E-state index in [1.54, 1.807) is 31.2 Å². The number of ketones is 1. The maximum absolute atomic E-state index is 11.5. The van der Waals surface area contributed by atoms with Crippen molar-refractivity contribution in [3.05, 3.63) is 41.5 Å². The van der Waals surface area contributed by atoms with Crippen molar-refractivity contribution < 1.29 is 14.1 Å². The number of benzene rings is 1. The average Bonchev–Trinajstić information content (AvgIpc) is 2.85. The Morgan fingerprint density at radius 3 is 2.58 bits per heavy atom. The Balaban J connectivity index is 2.05. The van der Waals surface area contributed by atoms with Gasteiger partial charge in [-0.2, -0.15) is 4.98 Å². The van der Waals surface area contributed by atoms with Crippen molar-refractivity contribution in [1.82, 2.24) is 10.1 Å². The fourth-order valence-electron chi connectivity index (χ4n) is 1.66. The molecular formula is C14H16N2O3. The molecule has 0 saturated heterocycles. The largest absolute Gasteiger partial charge is 0.481 e. The van der Waals surface area contributed by atoms with Crippen LogP contribution in [0.5, 0.6) is 5.75 Å². The molecule has 0 aliphatic carbocycles. The number of hydrogen-bond acceptors (Lipinski definition) is 5. The maximum atomic E-state index is 11.5. The molecule has 100 valence electrons. The molecular weight excluding hydrogens is 244 g/mol. The van der Waals surface area contributed by atoms with Gasteiger partial charge in [-0.3, -0.25) is 4.79 Å². The Morgan fingerprint density at radius 1 is 1.37 bits per heavy atom. The summed E-state index contributed by atoms with van der Waals surface area (Å²) in [5.41, 5.74) is 0.691. The van der Waals surface area contributed by atoms with Crippen LogP contribution in [-0.4, -0.2) is 15.9 Å². The van der Waals surface area contributed by atoms with Gasteiger partial charge in [-0.25, -0.2) is 0 Å². The van der Waals surface area contributed by atoms with E-state index in [4.69, 9.17) is 9.26 Å². The predicted octanol–water partition coefficient (Wildman–Crippen LogP) is 3.11. The van der Waals surface area contributed by atoms with Crippen LogP contribution in [0.15, 0.2) is 28.8 Å². The van der Waals surface area contributed by atoms with Crippen LogP contribution in [0.4, 0.5) is 0 Å². The molecule has 0 amide bonds. The topological polar surface area (TPSA) is 65.2 Å². The van der Waals surface area contributed by atoms with Crippen LogP contribution in [-0.2, 0) is 0 Å². The molecule has 0 saturated carbocycles. The normalized spacial score (nSPS) is 12.2. The van der Waals surface area contributed by atoms with Crippen LogP contribution in [0.3, 0.4) is 0 Å². The maximum Gasteiger partial charge on any atom is 0.267 e. The van der Waals surface area contributed by atoms with Crippen LogP contribution in [0.1, 0.15) is 48.4 Å². The minimum atomic E-state index is -0.325. The Kier molecular flexibility index (Phi) is 3.94. The fraction of sp³-hybridized carbons (Fsp3) is 0.357. The lowest BCUT2D eigenvalue weighted by atomic mass is 10.1. The minimum Gasteiger partial charge on any atom is -0.481 e. The van der Waals surface area contributed by atoms with Gasteiger partial charge in [-0.05, 0) is 38.1 Å². The highest BCUT2D eigenvalue weighted by Crippen LogP contribution is 2.21. The second-order valence-electron chi connectivity index (χ2n) is 4.24. The predicted molar refractivity (Wildman–Crippen MR) is 69.1 cm³/mol. The van der Waals surface area contributed by atoms with Crippen LogP contribution in [0, 0.1) is 6.92 Å². The number of carbonyl (C=O) groups excluding carboxylic acids is 1. The van der Waals surface area contributed by atoms with Gasteiger partial charge >= 0.3 is 0 Å². The first-order valence-corrected chi connectivity index (χ1v) is 6.20. The number of Topliss-reactive ketones (excluding diaryl/α,β-unsaturated/α-hetero) is 1. The first-order valence-electron chi connectivity index (χ1n) is 6.20. The highest BCUT2D eigenvalue weighted by Gasteiger charge is 2.14. The smallest absolute Gasteiger partial charge is 0.267 e. The molecule has 0 radical (unpaired) electrons. The second-order valence-corrected chi connectivity index (χ2v) is 4.24. The van der Waals surface area contributed by atoms with E-state index in [0.717, 1.165) is 0 Å². The standard InChI is InChI=1S/C14H16N2O3/c1-4-13(17)11-5-7-12(8-6-11)18-9(2)14-15-10(3)16-19-14/h5-9H,4H2,1-3H3/t9-/m1/s1. The van der Waals surface area contributed by atoms with Gasteiger partial charge < -0.3 is 9.26 Å². The summed E-state index contributed by atoms with van der Waals surface area (Å²) in [6, 6.07) is 7.05. The third kappa shape index (κ3) is 3.19. The lowest BCUT2D eigenvalue weighted by molar-refractivity contribution is 0.0988. The van der Waals surface area contributed by atoms with Gasteiger partial charge in [0.15, 0.2) is 17.7 Å². The van der Waals surface area contributed by atoms with Gasteiger partial charge in [-0.1, -0.05) is 12.1 Å². The van der Waals surface area contributed by atoms with Gasteiger partial charge in [0.1, 0.15) is 5.75 Å². The zero-order valence-electron chi connectivity index (χ0n) is 11.2. The van der Waals surface area contributed by atoms with Gasteiger partial charge in [0.2, 0.25) is 0 Å². The van der Waals surface area contributed by atoms with E-state index in [2.05, 4.69) is 10.1 Å². The summed E-state index contributed by atoms with van der Waals surface area (Å²) in [4.78, 5) is 15.6. The molecule has 0 bridgehead atoms. The van der Waals surface area contributed by atoms with Gasteiger partial charge in [-0.15, -0.1) is 0 Å². The van der Waals surface area contributed by atoms with Crippen LogP contribution in [0.2, 0.25) is 0 Å². The zero-order chi connectivity index (χ0) is 13.8. The molecule has 5 heteroatoms. The number of nitrogens with zero attached hydrogens (tertiary/aromatic N) is 2. The second kappa shape index (κ2) is 5.65. The molecule has 19 heavy (non-hydrogen) atoms. The van der Waals surface area contributed by atoms with E-state index >= 15 is 0 Å². The van der Waals surface area contributed by atoms with E-state index < -0.39 is 0 Å². The number of hydrogen-bond donors (Lipinski definition) is 0. The van der Waals surface area contributed by atoms with Crippen molar-refractivity contribution in [2.75, 3.05) is 0 Å². The number of rotatable bonds is 5. The molecule has 1 atom stereocenters. The molecule has 0 N–H and O–H groups in total. The minimum absolute atomic E-state index is 0.118. The van der Waals surface area contributed by atoms with Crippen molar-refractivity contribution in [2.24, 2.45) is 0 Å². The summed E-state index contributed by atoms with van der Waals surface area (Å²) < 4.78 is 10.7. The summed E-state index contributed by atoms with van der Waals surface area (Å²) in [7, 11) is 0. The molecule has 0 aliphatic heterocycles. The Bertz CT molecular complexity index is 560. The third-order valence-electron chi connectivity index (χ3n) is 2.70. The molecule has 1 aromatic carbocycles.